The second-order valence-electron chi connectivity index (χ2n) is 17.6. The Hall–Kier alpha value is -6.69. The van der Waals surface area contributed by atoms with E-state index in [1.807, 2.05) is 18.3 Å². The molecular weight excluding hydrogens is 959 g/mol. The van der Waals surface area contributed by atoms with Crippen molar-refractivity contribution < 1.29 is 20.1 Å². The summed E-state index contributed by atoms with van der Waals surface area (Å²) in [5.74, 6) is 1.76. The van der Waals surface area contributed by atoms with Gasteiger partial charge in [0.1, 0.15) is 0 Å². The number of fused-ring (bicyclic) bond motifs is 1. The molecule has 6 heteroatoms. The van der Waals surface area contributed by atoms with E-state index in [0.717, 1.165) is 55.8 Å². The van der Waals surface area contributed by atoms with E-state index in [4.69, 9.17) is 19.9 Å². The Kier molecular flexibility index (Phi) is 11.4. The Morgan fingerprint density at radius 2 is 0.828 bits per heavy atom. The molecule has 1 radical (unpaired) electrons. The molecule has 0 unspecified atom stereocenters. The van der Waals surface area contributed by atoms with Crippen molar-refractivity contribution in [3.05, 3.63) is 205 Å². The Morgan fingerprint density at radius 1 is 0.438 bits per heavy atom. The molecule has 315 valence electrons. The number of nitrogens with zero attached hydrogens (tertiary/aromatic N) is 5. The second kappa shape index (κ2) is 17.1. The molecule has 1 aliphatic heterocycles. The maximum absolute atomic E-state index is 5.21. The first-order valence-corrected chi connectivity index (χ1v) is 21.6. The van der Waals surface area contributed by atoms with Gasteiger partial charge in [0.15, 0.2) is 17.5 Å². The predicted molar refractivity (Wildman–Crippen MR) is 258 cm³/mol. The van der Waals surface area contributed by atoms with Crippen molar-refractivity contribution in [2.45, 2.75) is 45.7 Å². The van der Waals surface area contributed by atoms with Crippen LogP contribution in [-0.2, 0) is 31.2 Å². The van der Waals surface area contributed by atoms with Crippen molar-refractivity contribution in [1.29, 1.82) is 0 Å². The van der Waals surface area contributed by atoms with Crippen LogP contribution in [0.4, 0.5) is 0 Å². The zero-order valence-corrected chi connectivity index (χ0v) is 39.3. The molecule has 0 saturated heterocycles. The molecule has 10 rings (SSSR count). The molecule has 7 aromatic carbocycles. The number of hydrogen-bond acceptors (Lipinski definition) is 5. The minimum atomic E-state index is -0.126. The maximum atomic E-state index is 5.21. The SMILES string of the molecule is Cc1cc(-c2[c-]cc3c(c2)C(C)(C)N(C)C3(C)C)ncc1-c1nc(-c2cccc(-c3cccc(-c4ccccc4)c3)c2)nc(-c2cccc(-c3cccc(-c4ccccc4)c3)c2)n1.[Ir]. The van der Waals surface area contributed by atoms with Gasteiger partial charge in [-0.25, -0.2) is 15.0 Å². The summed E-state index contributed by atoms with van der Waals surface area (Å²) in [5, 5.41) is 0. The molecule has 5 nitrogen and oxygen atoms in total. The number of rotatable bonds is 8. The van der Waals surface area contributed by atoms with E-state index in [1.54, 1.807) is 0 Å². The molecule has 0 aliphatic carbocycles. The van der Waals surface area contributed by atoms with Crippen LogP contribution in [0.1, 0.15) is 44.4 Å². The van der Waals surface area contributed by atoms with E-state index in [0.29, 0.717) is 17.5 Å². The number of benzene rings is 7. The van der Waals surface area contributed by atoms with Crippen molar-refractivity contribution in [1.82, 2.24) is 24.8 Å². The average Bonchev–Trinajstić information content (AvgIpc) is 3.47. The summed E-state index contributed by atoms with van der Waals surface area (Å²) in [5.41, 5.74) is 17.0. The average molecular weight is 1010 g/mol. The van der Waals surface area contributed by atoms with E-state index >= 15 is 0 Å². The standard InChI is InChI=1S/C58H48N5.Ir/c1-38-31-53(47-29-30-51-52(36-47)58(4,5)63(6)57(51,2)3)59-37-50(38)56-61-54(48-27-15-25-45(34-48)43-23-13-21-41(32-43)39-17-9-7-10-18-39)60-55(62-56)49-28-16-26-46(35-49)44-24-14-22-42(33-44)40-19-11-8-12-20-40;/h7-28,30-37H,1-6H3;/q-1;. The molecule has 0 spiro atoms. The van der Waals surface area contributed by atoms with Gasteiger partial charge >= 0.3 is 0 Å². The van der Waals surface area contributed by atoms with Gasteiger partial charge in [-0.15, -0.1) is 34.9 Å². The minimum absolute atomic E-state index is 0. The van der Waals surface area contributed by atoms with Crippen LogP contribution < -0.4 is 0 Å². The summed E-state index contributed by atoms with van der Waals surface area (Å²) >= 11 is 0. The molecule has 3 heterocycles. The second-order valence-corrected chi connectivity index (χ2v) is 17.6. The first kappa shape index (κ1) is 42.6. The van der Waals surface area contributed by atoms with Crippen LogP contribution in [0.3, 0.4) is 0 Å². The fourth-order valence-electron chi connectivity index (χ4n) is 9.10. The van der Waals surface area contributed by atoms with E-state index in [-0.39, 0.29) is 31.2 Å². The molecule has 64 heavy (non-hydrogen) atoms. The van der Waals surface area contributed by atoms with Gasteiger partial charge in [0.25, 0.3) is 0 Å². The van der Waals surface area contributed by atoms with Crippen molar-refractivity contribution in [2.75, 3.05) is 7.05 Å². The van der Waals surface area contributed by atoms with Gasteiger partial charge in [-0.1, -0.05) is 153 Å². The monoisotopic (exact) mass is 1010 g/mol. The fourth-order valence-corrected chi connectivity index (χ4v) is 9.10. The molecule has 1 aliphatic rings. The van der Waals surface area contributed by atoms with Gasteiger partial charge in [-0.05, 0) is 108 Å². The van der Waals surface area contributed by atoms with Crippen LogP contribution in [0, 0.1) is 13.0 Å². The van der Waals surface area contributed by atoms with Gasteiger partial charge in [0.05, 0.1) is 0 Å². The molecule has 2 aromatic heterocycles. The van der Waals surface area contributed by atoms with E-state index < -0.39 is 0 Å². The molecule has 0 fully saturated rings. The summed E-state index contributed by atoms with van der Waals surface area (Å²) in [6, 6.07) is 65.4. The third-order valence-corrected chi connectivity index (χ3v) is 13.1. The predicted octanol–water partition coefficient (Wildman–Crippen LogP) is 14.1. The van der Waals surface area contributed by atoms with Crippen LogP contribution in [0.2, 0.25) is 0 Å². The van der Waals surface area contributed by atoms with Crippen LogP contribution in [0.25, 0.3) is 89.9 Å². The Bertz CT molecular complexity index is 3010. The Morgan fingerprint density at radius 3 is 1.30 bits per heavy atom. The van der Waals surface area contributed by atoms with Crippen LogP contribution in [-0.4, -0.2) is 31.9 Å². The van der Waals surface area contributed by atoms with Gasteiger partial charge in [-0.2, -0.15) is 0 Å². The smallest absolute Gasteiger partial charge is 0.165 e. The van der Waals surface area contributed by atoms with Crippen LogP contribution in [0.5, 0.6) is 0 Å². The van der Waals surface area contributed by atoms with E-state index in [9.17, 15) is 0 Å². The van der Waals surface area contributed by atoms with Crippen molar-refractivity contribution >= 4 is 0 Å². The summed E-state index contributed by atoms with van der Waals surface area (Å²) in [6.45, 7) is 11.2. The Balaban J connectivity index is 0.00000518. The summed E-state index contributed by atoms with van der Waals surface area (Å²) in [7, 11) is 2.20. The van der Waals surface area contributed by atoms with Crippen LogP contribution >= 0.6 is 0 Å². The van der Waals surface area contributed by atoms with E-state index in [2.05, 4.69) is 216 Å². The first-order chi connectivity index (χ1) is 30.5. The van der Waals surface area contributed by atoms with Gasteiger partial charge < -0.3 is 4.98 Å². The van der Waals surface area contributed by atoms with Crippen molar-refractivity contribution in [3.8, 4) is 89.9 Å². The molecule has 0 amide bonds. The third-order valence-electron chi connectivity index (χ3n) is 13.1. The van der Waals surface area contributed by atoms with Crippen molar-refractivity contribution in [3.63, 3.8) is 0 Å². The molecule has 0 bridgehead atoms. The van der Waals surface area contributed by atoms with Gasteiger partial charge in [0, 0.05) is 54.1 Å². The van der Waals surface area contributed by atoms with Gasteiger partial charge in [0.2, 0.25) is 0 Å². The molecule has 0 atom stereocenters. The Labute approximate surface area is 390 Å². The number of aryl methyl sites for hydroxylation is 1. The fraction of sp³-hybridized carbons (Fsp3) is 0.138. The zero-order chi connectivity index (χ0) is 43.3. The van der Waals surface area contributed by atoms with Crippen LogP contribution in [0.15, 0.2) is 182 Å². The molecule has 9 aromatic rings. The molecule has 0 N–H and O–H groups in total. The number of hydrogen-bond donors (Lipinski definition) is 0. The number of aromatic nitrogens is 4. The normalized spacial score (nSPS) is 13.8. The number of pyridine rings is 1. The van der Waals surface area contributed by atoms with Gasteiger partial charge in [-0.3, -0.25) is 4.90 Å². The van der Waals surface area contributed by atoms with E-state index in [1.165, 1.54) is 33.4 Å². The molecular formula is C58H48IrN5-. The summed E-state index contributed by atoms with van der Waals surface area (Å²) in [4.78, 5) is 23.1. The molecule has 0 saturated carbocycles. The third kappa shape index (κ3) is 7.94. The van der Waals surface area contributed by atoms with Crippen molar-refractivity contribution in [2.24, 2.45) is 0 Å². The first-order valence-electron chi connectivity index (χ1n) is 21.6. The summed E-state index contributed by atoms with van der Waals surface area (Å²) < 4.78 is 0. The zero-order valence-electron chi connectivity index (χ0n) is 36.9. The summed E-state index contributed by atoms with van der Waals surface area (Å²) in [6.07, 6.45) is 1.91. The maximum Gasteiger partial charge on any atom is 0.165 e. The topological polar surface area (TPSA) is 54.8 Å². The minimum Gasteiger partial charge on any atom is -0.304 e. The quantitative estimate of drug-likeness (QED) is 0.142. The largest absolute Gasteiger partial charge is 0.304 e.